The summed E-state index contributed by atoms with van der Waals surface area (Å²) in [6.07, 6.45) is 0. The van der Waals surface area contributed by atoms with Gasteiger partial charge in [0.05, 0.1) is 17.9 Å². The van der Waals surface area contributed by atoms with Gasteiger partial charge in [-0.25, -0.2) is 9.59 Å². The molecule has 0 aliphatic rings. The normalized spacial score (nSPS) is 10.0. The van der Waals surface area contributed by atoms with Crippen molar-refractivity contribution < 1.29 is 14.3 Å². The first-order chi connectivity index (χ1) is 11.1. The van der Waals surface area contributed by atoms with E-state index in [0.29, 0.717) is 22.8 Å². The fraction of sp³-hybridized carbons (Fsp3) is 0.176. The number of esters is 1. The molecule has 0 radical (unpaired) electrons. The molecular weight excluding hydrogens is 316 g/mol. The molecular formula is C17H17ClN2O3. The maximum atomic E-state index is 12.0. The Labute approximate surface area is 139 Å². The van der Waals surface area contributed by atoms with Crippen LogP contribution in [0.15, 0.2) is 48.5 Å². The van der Waals surface area contributed by atoms with E-state index in [9.17, 15) is 9.59 Å². The van der Waals surface area contributed by atoms with E-state index >= 15 is 0 Å². The fourth-order valence-corrected chi connectivity index (χ4v) is 2.06. The Morgan fingerprint density at radius 2 is 1.78 bits per heavy atom. The minimum atomic E-state index is -0.471. The number of amides is 2. The van der Waals surface area contributed by atoms with Crippen molar-refractivity contribution in [1.29, 1.82) is 0 Å². The number of para-hydroxylation sites is 1. The van der Waals surface area contributed by atoms with Crippen molar-refractivity contribution in [3.63, 3.8) is 0 Å². The maximum absolute atomic E-state index is 12.0. The van der Waals surface area contributed by atoms with E-state index in [-0.39, 0.29) is 6.61 Å². The van der Waals surface area contributed by atoms with Crippen molar-refractivity contribution in [3.8, 4) is 0 Å². The lowest BCUT2D eigenvalue weighted by Gasteiger charge is -2.11. The van der Waals surface area contributed by atoms with Gasteiger partial charge in [0, 0.05) is 11.6 Å². The van der Waals surface area contributed by atoms with Crippen molar-refractivity contribution in [1.82, 2.24) is 5.32 Å². The van der Waals surface area contributed by atoms with Gasteiger partial charge in [-0.15, -0.1) is 0 Å². The number of nitrogens with one attached hydrogen (secondary N) is 2. The van der Waals surface area contributed by atoms with E-state index in [0.717, 1.165) is 5.56 Å². The molecule has 2 N–H and O–H groups in total. The molecule has 0 aromatic heterocycles. The smallest absolute Gasteiger partial charge is 0.340 e. The lowest BCUT2D eigenvalue weighted by Crippen LogP contribution is -2.29. The summed E-state index contributed by atoms with van der Waals surface area (Å²) >= 11 is 5.81. The van der Waals surface area contributed by atoms with Gasteiger partial charge >= 0.3 is 12.0 Å². The average Bonchev–Trinajstić information content (AvgIpc) is 2.55. The molecule has 0 unspecified atom stereocenters. The number of rotatable bonds is 5. The lowest BCUT2D eigenvalue weighted by molar-refractivity contribution is 0.0527. The van der Waals surface area contributed by atoms with E-state index in [1.54, 1.807) is 43.3 Å². The van der Waals surface area contributed by atoms with Crippen LogP contribution in [-0.2, 0) is 11.3 Å². The van der Waals surface area contributed by atoms with Crippen LogP contribution >= 0.6 is 11.6 Å². The predicted molar refractivity (Wildman–Crippen MR) is 89.7 cm³/mol. The van der Waals surface area contributed by atoms with Crippen molar-refractivity contribution >= 4 is 29.3 Å². The van der Waals surface area contributed by atoms with E-state index in [4.69, 9.17) is 16.3 Å². The van der Waals surface area contributed by atoms with Gasteiger partial charge in [-0.1, -0.05) is 35.9 Å². The van der Waals surface area contributed by atoms with Gasteiger partial charge in [0.15, 0.2) is 0 Å². The minimum absolute atomic E-state index is 0.274. The number of halogens is 1. The number of ether oxygens (including phenoxy) is 1. The Bertz CT molecular complexity index is 686. The van der Waals surface area contributed by atoms with Crippen LogP contribution in [0, 0.1) is 0 Å². The molecule has 0 spiro atoms. The number of anilines is 1. The first-order valence-electron chi connectivity index (χ1n) is 7.15. The Balaban J connectivity index is 1.97. The Hall–Kier alpha value is -2.53. The van der Waals surface area contributed by atoms with Gasteiger partial charge < -0.3 is 15.4 Å². The topological polar surface area (TPSA) is 67.4 Å². The van der Waals surface area contributed by atoms with Crippen LogP contribution < -0.4 is 10.6 Å². The Kier molecular flexibility index (Phi) is 6.00. The maximum Gasteiger partial charge on any atom is 0.340 e. The Morgan fingerprint density at radius 1 is 1.09 bits per heavy atom. The molecule has 0 aliphatic carbocycles. The van der Waals surface area contributed by atoms with Crippen molar-refractivity contribution in [2.24, 2.45) is 0 Å². The summed E-state index contributed by atoms with van der Waals surface area (Å²) < 4.78 is 4.97. The molecule has 2 rings (SSSR count). The molecule has 2 aromatic rings. The largest absolute Gasteiger partial charge is 0.462 e. The molecule has 0 heterocycles. The van der Waals surface area contributed by atoms with Crippen LogP contribution in [0.2, 0.25) is 5.02 Å². The van der Waals surface area contributed by atoms with Crippen molar-refractivity contribution in [2.45, 2.75) is 13.5 Å². The second-order valence-electron chi connectivity index (χ2n) is 4.70. The molecule has 0 fully saturated rings. The van der Waals surface area contributed by atoms with Crippen LogP contribution in [0.5, 0.6) is 0 Å². The first-order valence-corrected chi connectivity index (χ1v) is 7.53. The molecule has 0 saturated heterocycles. The van der Waals surface area contributed by atoms with Crippen molar-refractivity contribution in [3.05, 3.63) is 64.7 Å². The zero-order chi connectivity index (χ0) is 16.7. The molecule has 0 atom stereocenters. The highest BCUT2D eigenvalue weighted by Crippen LogP contribution is 2.16. The summed E-state index contributed by atoms with van der Waals surface area (Å²) in [4.78, 5) is 23.8. The SMILES string of the molecule is CCOC(=O)c1ccccc1NC(=O)NCc1ccc(Cl)cc1. The van der Waals surface area contributed by atoms with Gasteiger partial charge in [-0.2, -0.15) is 0 Å². The van der Waals surface area contributed by atoms with Gasteiger partial charge in [0.2, 0.25) is 0 Å². The summed E-state index contributed by atoms with van der Waals surface area (Å²) in [7, 11) is 0. The third kappa shape index (κ3) is 5.00. The summed E-state index contributed by atoms with van der Waals surface area (Å²) in [5.41, 5.74) is 1.64. The molecule has 2 amide bonds. The van der Waals surface area contributed by atoms with E-state index in [1.165, 1.54) is 0 Å². The third-order valence-corrected chi connectivity index (χ3v) is 3.29. The number of carbonyl (C=O) groups is 2. The number of hydrogen-bond acceptors (Lipinski definition) is 3. The monoisotopic (exact) mass is 332 g/mol. The Morgan fingerprint density at radius 3 is 2.48 bits per heavy atom. The van der Waals surface area contributed by atoms with E-state index < -0.39 is 12.0 Å². The highest BCUT2D eigenvalue weighted by molar-refractivity contribution is 6.30. The second-order valence-corrected chi connectivity index (χ2v) is 5.14. The van der Waals surface area contributed by atoms with Crippen molar-refractivity contribution in [2.75, 3.05) is 11.9 Å². The summed E-state index contributed by atoms with van der Waals surface area (Å²) in [5, 5.41) is 6.01. The van der Waals surface area contributed by atoms with Crippen LogP contribution in [0.25, 0.3) is 0 Å². The van der Waals surface area contributed by atoms with E-state index in [1.807, 2.05) is 12.1 Å². The summed E-state index contributed by atoms with van der Waals surface area (Å²) in [5.74, 6) is -0.471. The van der Waals surface area contributed by atoms with Gasteiger partial charge in [0.1, 0.15) is 0 Å². The third-order valence-electron chi connectivity index (χ3n) is 3.04. The average molecular weight is 333 g/mol. The molecule has 0 bridgehead atoms. The molecule has 6 heteroatoms. The molecule has 120 valence electrons. The minimum Gasteiger partial charge on any atom is -0.462 e. The number of urea groups is 1. The standard InChI is InChI=1S/C17H17ClN2O3/c1-2-23-16(21)14-5-3-4-6-15(14)20-17(22)19-11-12-7-9-13(18)10-8-12/h3-10H,2,11H2,1H3,(H2,19,20,22). The van der Waals surface area contributed by atoms with Gasteiger partial charge in [0.25, 0.3) is 0 Å². The highest BCUT2D eigenvalue weighted by atomic mass is 35.5. The van der Waals surface area contributed by atoms with Gasteiger partial charge in [-0.3, -0.25) is 0 Å². The first kappa shape index (κ1) is 16.8. The summed E-state index contributed by atoms with van der Waals surface area (Å²) in [6.45, 7) is 2.35. The molecule has 0 saturated carbocycles. The second kappa shape index (κ2) is 8.19. The van der Waals surface area contributed by atoms with Crippen LogP contribution in [0.1, 0.15) is 22.8 Å². The molecule has 23 heavy (non-hydrogen) atoms. The lowest BCUT2D eigenvalue weighted by atomic mass is 10.2. The molecule has 0 aliphatic heterocycles. The van der Waals surface area contributed by atoms with E-state index in [2.05, 4.69) is 10.6 Å². The quantitative estimate of drug-likeness (QED) is 0.817. The molecule has 2 aromatic carbocycles. The van der Waals surface area contributed by atoms with Crippen LogP contribution in [0.3, 0.4) is 0 Å². The van der Waals surface area contributed by atoms with Gasteiger partial charge in [-0.05, 0) is 36.8 Å². The number of carbonyl (C=O) groups excluding carboxylic acids is 2. The number of benzene rings is 2. The summed E-state index contributed by atoms with van der Waals surface area (Å²) in [6, 6.07) is 13.5. The number of hydrogen-bond donors (Lipinski definition) is 2. The predicted octanol–water partition coefficient (Wildman–Crippen LogP) is 3.84. The van der Waals surface area contributed by atoms with Crippen LogP contribution in [0.4, 0.5) is 10.5 Å². The zero-order valence-corrected chi connectivity index (χ0v) is 13.4. The van der Waals surface area contributed by atoms with Crippen LogP contribution in [-0.4, -0.2) is 18.6 Å². The molecule has 5 nitrogen and oxygen atoms in total. The fourth-order valence-electron chi connectivity index (χ4n) is 1.93. The highest BCUT2D eigenvalue weighted by Gasteiger charge is 2.13. The zero-order valence-electron chi connectivity index (χ0n) is 12.6.